The number of carbonyl (C=O) groups excluding carboxylic acids is 1. The molecule has 0 aromatic heterocycles. The van der Waals surface area contributed by atoms with E-state index in [0.29, 0.717) is 17.8 Å². The zero-order chi connectivity index (χ0) is 17.8. The van der Waals surface area contributed by atoms with Crippen LogP contribution in [0.1, 0.15) is 19.8 Å². The van der Waals surface area contributed by atoms with E-state index in [0.717, 1.165) is 32.7 Å². The summed E-state index contributed by atoms with van der Waals surface area (Å²) in [7, 11) is 2.18. The van der Waals surface area contributed by atoms with Gasteiger partial charge in [-0.3, -0.25) is 9.69 Å². The number of ether oxygens (including phenoxy) is 1. The Morgan fingerprint density at radius 2 is 1.84 bits per heavy atom. The first-order chi connectivity index (χ1) is 12.1. The lowest BCUT2D eigenvalue weighted by Gasteiger charge is -2.49. The molecule has 0 atom stereocenters. The molecule has 0 aliphatic carbocycles. The molecular weight excluding hydrogens is 321 g/mol. The van der Waals surface area contributed by atoms with Gasteiger partial charge in [0, 0.05) is 25.2 Å². The second-order valence-corrected chi connectivity index (χ2v) is 7.06. The van der Waals surface area contributed by atoms with Gasteiger partial charge in [0.1, 0.15) is 11.6 Å². The van der Waals surface area contributed by atoms with Crippen molar-refractivity contribution in [2.45, 2.75) is 31.8 Å². The predicted octanol–water partition coefficient (Wildman–Crippen LogP) is 1.83. The van der Waals surface area contributed by atoms with Crippen molar-refractivity contribution in [3.05, 3.63) is 30.1 Å². The topological polar surface area (TPSA) is 36.0 Å². The normalized spacial score (nSPS) is 19.9. The van der Waals surface area contributed by atoms with Crippen LogP contribution in [-0.4, -0.2) is 79.1 Å². The SMILES string of the molecule is CCN(C1CCN(C)CC1)C1CN(C(=O)COc2ccc(F)cc2)C1. The highest BCUT2D eigenvalue weighted by atomic mass is 19.1. The van der Waals surface area contributed by atoms with Crippen molar-refractivity contribution in [2.24, 2.45) is 0 Å². The van der Waals surface area contributed by atoms with Gasteiger partial charge in [-0.2, -0.15) is 0 Å². The van der Waals surface area contributed by atoms with Crippen molar-refractivity contribution in [3.8, 4) is 5.75 Å². The van der Waals surface area contributed by atoms with E-state index < -0.39 is 0 Å². The zero-order valence-electron chi connectivity index (χ0n) is 15.2. The van der Waals surface area contributed by atoms with Gasteiger partial charge in [0.15, 0.2) is 6.61 Å². The Morgan fingerprint density at radius 1 is 1.20 bits per heavy atom. The van der Waals surface area contributed by atoms with Crippen LogP contribution >= 0.6 is 0 Å². The van der Waals surface area contributed by atoms with Crippen LogP contribution in [0.4, 0.5) is 4.39 Å². The van der Waals surface area contributed by atoms with Crippen LogP contribution in [0.2, 0.25) is 0 Å². The van der Waals surface area contributed by atoms with Crippen LogP contribution < -0.4 is 4.74 Å². The Bertz CT molecular complexity index is 567. The molecule has 0 spiro atoms. The molecule has 6 heteroatoms. The predicted molar refractivity (Wildman–Crippen MR) is 95.2 cm³/mol. The van der Waals surface area contributed by atoms with E-state index in [1.807, 2.05) is 4.90 Å². The first kappa shape index (κ1) is 18.1. The number of carbonyl (C=O) groups is 1. The molecule has 1 aromatic rings. The zero-order valence-corrected chi connectivity index (χ0v) is 15.2. The number of nitrogens with zero attached hydrogens (tertiary/aromatic N) is 3. The van der Waals surface area contributed by atoms with E-state index in [1.165, 1.54) is 25.0 Å². The monoisotopic (exact) mass is 349 g/mol. The molecule has 1 amide bonds. The molecule has 0 bridgehead atoms. The fraction of sp³-hybridized carbons (Fsp3) is 0.632. The largest absolute Gasteiger partial charge is 0.484 e. The number of piperidine rings is 1. The third kappa shape index (κ3) is 4.50. The van der Waals surface area contributed by atoms with Gasteiger partial charge < -0.3 is 14.5 Å². The highest BCUT2D eigenvalue weighted by Gasteiger charge is 2.37. The quantitative estimate of drug-likeness (QED) is 0.785. The smallest absolute Gasteiger partial charge is 0.260 e. The van der Waals surface area contributed by atoms with Crippen LogP contribution in [0.25, 0.3) is 0 Å². The van der Waals surface area contributed by atoms with Crippen LogP contribution in [0.5, 0.6) is 5.75 Å². The first-order valence-corrected chi connectivity index (χ1v) is 9.17. The van der Waals surface area contributed by atoms with Gasteiger partial charge in [0.2, 0.25) is 0 Å². The average molecular weight is 349 g/mol. The molecule has 2 aliphatic heterocycles. The highest BCUT2D eigenvalue weighted by molar-refractivity contribution is 5.78. The van der Waals surface area contributed by atoms with Gasteiger partial charge in [-0.05, 0) is 63.8 Å². The minimum atomic E-state index is -0.308. The third-order valence-electron chi connectivity index (χ3n) is 5.38. The minimum absolute atomic E-state index is 0.00000514. The van der Waals surface area contributed by atoms with E-state index in [1.54, 1.807) is 12.1 Å². The molecule has 2 aliphatic rings. The molecule has 2 saturated heterocycles. The molecule has 2 heterocycles. The standard InChI is InChI=1S/C19H28FN3O2/c1-3-23(16-8-10-21(2)11-9-16)17-12-22(13-17)19(24)14-25-18-6-4-15(20)5-7-18/h4-7,16-17H,3,8-14H2,1-2H3. The highest BCUT2D eigenvalue weighted by Crippen LogP contribution is 2.23. The van der Waals surface area contributed by atoms with Crippen LogP contribution in [0.15, 0.2) is 24.3 Å². The Balaban J connectivity index is 1.42. The van der Waals surface area contributed by atoms with Crippen molar-refractivity contribution < 1.29 is 13.9 Å². The van der Waals surface area contributed by atoms with E-state index >= 15 is 0 Å². The van der Waals surface area contributed by atoms with Crippen molar-refractivity contribution in [1.29, 1.82) is 0 Å². The number of hydrogen-bond acceptors (Lipinski definition) is 4. The summed E-state index contributed by atoms with van der Waals surface area (Å²) in [5.74, 6) is 0.214. The summed E-state index contributed by atoms with van der Waals surface area (Å²) < 4.78 is 18.3. The maximum absolute atomic E-state index is 12.9. The number of hydrogen-bond donors (Lipinski definition) is 0. The summed E-state index contributed by atoms with van der Waals surface area (Å²) in [5, 5.41) is 0. The molecule has 0 saturated carbocycles. The maximum atomic E-state index is 12.9. The lowest BCUT2D eigenvalue weighted by Crippen LogP contribution is -2.64. The average Bonchev–Trinajstić information content (AvgIpc) is 2.58. The van der Waals surface area contributed by atoms with Gasteiger partial charge in [0.05, 0.1) is 0 Å². The molecule has 138 valence electrons. The fourth-order valence-corrected chi connectivity index (χ4v) is 3.78. The number of halogens is 1. The summed E-state index contributed by atoms with van der Waals surface area (Å²) in [5.41, 5.74) is 0. The Kier molecular flexibility index (Phi) is 5.91. The molecular formula is C19H28FN3O2. The lowest BCUT2D eigenvalue weighted by molar-refractivity contribution is -0.142. The van der Waals surface area contributed by atoms with E-state index in [-0.39, 0.29) is 18.3 Å². The van der Waals surface area contributed by atoms with Crippen molar-refractivity contribution in [3.63, 3.8) is 0 Å². The summed E-state index contributed by atoms with van der Waals surface area (Å²) in [6.07, 6.45) is 2.42. The molecule has 3 rings (SSSR count). The molecule has 1 aromatic carbocycles. The van der Waals surface area contributed by atoms with Crippen LogP contribution in [0, 0.1) is 5.82 Å². The second-order valence-electron chi connectivity index (χ2n) is 7.06. The fourth-order valence-electron chi connectivity index (χ4n) is 3.78. The number of rotatable bonds is 6. The summed E-state index contributed by atoms with van der Waals surface area (Å²) in [4.78, 5) is 19.0. The summed E-state index contributed by atoms with van der Waals surface area (Å²) >= 11 is 0. The Morgan fingerprint density at radius 3 is 2.44 bits per heavy atom. The first-order valence-electron chi connectivity index (χ1n) is 9.17. The number of likely N-dealkylation sites (N-methyl/N-ethyl adjacent to an activating group) is 1. The van der Waals surface area contributed by atoms with E-state index in [2.05, 4.69) is 23.8 Å². The summed E-state index contributed by atoms with van der Waals surface area (Å²) in [6.45, 7) is 7.13. The Hall–Kier alpha value is -1.66. The van der Waals surface area contributed by atoms with Gasteiger partial charge >= 0.3 is 0 Å². The lowest BCUT2D eigenvalue weighted by atomic mass is 9.98. The number of likely N-dealkylation sites (tertiary alicyclic amines) is 2. The van der Waals surface area contributed by atoms with E-state index in [4.69, 9.17) is 4.74 Å². The molecule has 0 N–H and O–H groups in total. The van der Waals surface area contributed by atoms with Gasteiger partial charge in [-0.25, -0.2) is 4.39 Å². The van der Waals surface area contributed by atoms with Crippen molar-refractivity contribution >= 4 is 5.91 Å². The van der Waals surface area contributed by atoms with Crippen molar-refractivity contribution in [1.82, 2.24) is 14.7 Å². The van der Waals surface area contributed by atoms with E-state index in [9.17, 15) is 9.18 Å². The number of benzene rings is 1. The van der Waals surface area contributed by atoms with Crippen LogP contribution in [0.3, 0.4) is 0 Å². The van der Waals surface area contributed by atoms with Crippen LogP contribution in [-0.2, 0) is 4.79 Å². The van der Waals surface area contributed by atoms with Gasteiger partial charge in [0.25, 0.3) is 5.91 Å². The minimum Gasteiger partial charge on any atom is -0.484 e. The molecule has 2 fully saturated rings. The maximum Gasteiger partial charge on any atom is 0.260 e. The number of amides is 1. The summed E-state index contributed by atoms with van der Waals surface area (Å²) in [6, 6.07) is 6.86. The molecule has 0 unspecified atom stereocenters. The van der Waals surface area contributed by atoms with Gasteiger partial charge in [-0.15, -0.1) is 0 Å². The van der Waals surface area contributed by atoms with Crippen molar-refractivity contribution in [2.75, 3.05) is 46.4 Å². The molecule has 25 heavy (non-hydrogen) atoms. The molecule has 5 nitrogen and oxygen atoms in total. The van der Waals surface area contributed by atoms with Gasteiger partial charge in [-0.1, -0.05) is 6.92 Å². The Labute approximate surface area is 149 Å². The molecule has 0 radical (unpaired) electrons. The second kappa shape index (κ2) is 8.15. The third-order valence-corrected chi connectivity index (χ3v) is 5.38.